The summed E-state index contributed by atoms with van der Waals surface area (Å²) in [7, 11) is 0. The first-order chi connectivity index (χ1) is 19.1. The van der Waals surface area contributed by atoms with Crippen molar-refractivity contribution in [2.45, 2.75) is 39.5 Å². The molecule has 0 N–H and O–H groups in total. The van der Waals surface area contributed by atoms with Crippen molar-refractivity contribution in [1.29, 1.82) is 0 Å². The van der Waals surface area contributed by atoms with Crippen LogP contribution < -0.4 is 4.90 Å². The number of imide groups is 1. The summed E-state index contributed by atoms with van der Waals surface area (Å²) in [4.78, 5) is 30.4. The van der Waals surface area contributed by atoms with Crippen LogP contribution in [0.2, 0.25) is 0 Å². The van der Waals surface area contributed by atoms with E-state index >= 15 is 0 Å². The van der Waals surface area contributed by atoms with Gasteiger partial charge in [0.15, 0.2) is 0 Å². The molecule has 0 radical (unpaired) electrons. The highest BCUT2D eigenvalue weighted by molar-refractivity contribution is 9.11. The molecule has 0 saturated carbocycles. The summed E-state index contributed by atoms with van der Waals surface area (Å²) in [5, 5.41) is 8.10. The molecule has 6 aromatic carbocycles. The van der Waals surface area contributed by atoms with Gasteiger partial charge in [-0.25, -0.2) is 4.90 Å². The molecule has 0 aliphatic carbocycles. The number of hydrogen-bond donors (Lipinski definition) is 0. The fraction of sp³-hybridized carbons (Fsp3) is 0.176. The number of benzene rings is 6. The third-order valence-electron chi connectivity index (χ3n) is 8.27. The van der Waals surface area contributed by atoms with Crippen LogP contribution in [0.25, 0.3) is 43.1 Å². The smallest absolute Gasteiger partial charge is 0.266 e. The predicted molar refractivity (Wildman–Crippen MR) is 177 cm³/mol. The average molecular weight is 718 g/mol. The summed E-state index contributed by atoms with van der Waals surface area (Å²) in [6.07, 6.45) is 0. The van der Waals surface area contributed by atoms with Gasteiger partial charge in [-0.05, 0) is 62.7 Å². The number of carbonyl (C=O) groups is 2. The highest BCUT2D eigenvalue weighted by Crippen LogP contribution is 2.50. The Morgan fingerprint density at radius 2 is 1.05 bits per heavy atom. The van der Waals surface area contributed by atoms with E-state index in [0.717, 1.165) is 67.6 Å². The number of halogens is 3. The van der Waals surface area contributed by atoms with E-state index in [-0.39, 0.29) is 23.7 Å². The number of fused-ring (bicyclic) bond motifs is 2. The van der Waals surface area contributed by atoms with Gasteiger partial charge in [-0.1, -0.05) is 118 Å². The van der Waals surface area contributed by atoms with E-state index in [1.165, 1.54) is 4.90 Å². The maximum absolute atomic E-state index is 14.5. The Morgan fingerprint density at radius 1 is 0.550 bits per heavy atom. The van der Waals surface area contributed by atoms with E-state index in [0.29, 0.717) is 16.8 Å². The summed E-state index contributed by atoms with van der Waals surface area (Å²) in [6, 6.07) is 20.4. The number of carbonyl (C=O) groups excluding carboxylic acids is 2. The summed E-state index contributed by atoms with van der Waals surface area (Å²) >= 11 is 11.4. The number of hydrogen-bond acceptors (Lipinski definition) is 2. The number of anilines is 1. The normalized spacial score (nSPS) is 13.9. The Kier molecular flexibility index (Phi) is 5.94. The lowest BCUT2D eigenvalue weighted by Crippen LogP contribution is -2.42. The zero-order valence-electron chi connectivity index (χ0n) is 22.3. The van der Waals surface area contributed by atoms with Gasteiger partial charge >= 0.3 is 0 Å². The van der Waals surface area contributed by atoms with E-state index < -0.39 is 0 Å². The molecule has 0 saturated heterocycles. The van der Waals surface area contributed by atoms with Crippen LogP contribution in [0.3, 0.4) is 0 Å². The number of rotatable bonds is 3. The molecule has 6 heteroatoms. The van der Waals surface area contributed by atoms with Crippen LogP contribution in [-0.4, -0.2) is 11.8 Å². The Bertz CT molecular complexity index is 1990. The highest BCUT2D eigenvalue weighted by Gasteiger charge is 2.39. The van der Waals surface area contributed by atoms with Crippen molar-refractivity contribution in [3.8, 4) is 0 Å². The summed E-state index contributed by atoms with van der Waals surface area (Å²) < 4.78 is 2.70. The van der Waals surface area contributed by atoms with Crippen molar-refractivity contribution >= 4 is 108 Å². The molecule has 0 atom stereocenters. The molecule has 7 rings (SSSR count). The van der Waals surface area contributed by atoms with Gasteiger partial charge in [0.25, 0.3) is 11.8 Å². The Balaban J connectivity index is 1.64. The van der Waals surface area contributed by atoms with Crippen molar-refractivity contribution in [3.63, 3.8) is 0 Å². The number of para-hydroxylation sites is 1. The van der Waals surface area contributed by atoms with E-state index in [4.69, 9.17) is 0 Å². The lowest BCUT2D eigenvalue weighted by Gasteiger charge is -2.33. The van der Waals surface area contributed by atoms with Crippen molar-refractivity contribution in [3.05, 3.63) is 96.3 Å². The molecule has 2 amide bonds. The van der Waals surface area contributed by atoms with E-state index in [1.54, 1.807) is 0 Å². The van der Waals surface area contributed by atoms with Gasteiger partial charge in [0.05, 0.1) is 16.8 Å². The maximum Gasteiger partial charge on any atom is 0.266 e. The molecule has 1 aliphatic heterocycles. The second-order valence-corrected chi connectivity index (χ2v) is 13.7. The fourth-order valence-electron chi connectivity index (χ4n) is 6.53. The molecule has 0 bridgehead atoms. The quantitative estimate of drug-likeness (QED) is 0.104. The predicted octanol–water partition coefficient (Wildman–Crippen LogP) is 11.1. The Morgan fingerprint density at radius 3 is 1.60 bits per heavy atom. The van der Waals surface area contributed by atoms with Crippen molar-refractivity contribution in [2.24, 2.45) is 0 Å². The van der Waals surface area contributed by atoms with E-state index in [9.17, 15) is 9.59 Å². The average Bonchev–Trinajstić information content (AvgIpc) is 2.92. The molecule has 6 aromatic rings. The van der Waals surface area contributed by atoms with Gasteiger partial charge in [-0.2, -0.15) is 0 Å². The fourth-order valence-corrected chi connectivity index (χ4v) is 8.27. The van der Waals surface area contributed by atoms with Gasteiger partial charge in [0.2, 0.25) is 0 Å². The SMILES string of the molecule is CC(C)c1cccc(C(C)C)c1N1C(=O)c2cc(Br)c3c4cccc5c(Br)ccc(c6c(Br)cc(c2c36)C1=O)c54. The minimum atomic E-state index is -0.284. The van der Waals surface area contributed by atoms with Crippen LogP contribution in [0.4, 0.5) is 5.69 Å². The van der Waals surface area contributed by atoms with Crippen LogP contribution in [0, 0.1) is 0 Å². The zero-order valence-corrected chi connectivity index (χ0v) is 27.1. The van der Waals surface area contributed by atoms with Crippen LogP contribution in [0.5, 0.6) is 0 Å². The molecular weight excluding hydrogens is 694 g/mol. The third kappa shape index (κ3) is 3.39. The topological polar surface area (TPSA) is 37.4 Å². The molecule has 1 aliphatic rings. The number of amides is 2. The third-order valence-corrected chi connectivity index (χ3v) is 10.2. The largest absolute Gasteiger partial charge is 0.268 e. The molecule has 0 fully saturated rings. The molecule has 3 nitrogen and oxygen atoms in total. The van der Waals surface area contributed by atoms with Gasteiger partial charge in [0, 0.05) is 35.0 Å². The van der Waals surface area contributed by atoms with Crippen LogP contribution in [0.15, 0.2) is 74.1 Å². The van der Waals surface area contributed by atoms with Gasteiger partial charge in [-0.3, -0.25) is 9.59 Å². The molecule has 0 aromatic heterocycles. The van der Waals surface area contributed by atoms with Crippen molar-refractivity contribution < 1.29 is 9.59 Å². The molecule has 0 spiro atoms. The molecular formula is C34H24Br3NO2. The zero-order chi connectivity index (χ0) is 28.2. The molecule has 0 unspecified atom stereocenters. The first-order valence-electron chi connectivity index (χ1n) is 13.3. The van der Waals surface area contributed by atoms with Gasteiger partial charge < -0.3 is 0 Å². The van der Waals surface area contributed by atoms with E-state index in [1.807, 2.05) is 30.3 Å². The molecule has 1 heterocycles. The second-order valence-electron chi connectivity index (χ2n) is 11.2. The molecule has 198 valence electrons. The van der Waals surface area contributed by atoms with Crippen LogP contribution >= 0.6 is 47.8 Å². The summed E-state index contributed by atoms with van der Waals surface area (Å²) in [5.41, 5.74) is 3.77. The summed E-state index contributed by atoms with van der Waals surface area (Å²) in [5.74, 6) is -0.289. The molecule has 40 heavy (non-hydrogen) atoms. The monoisotopic (exact) mass is 715 g/mol. The lowest BCUT2D eigenvalue weighted by molar-refractivity contribution is 0.0893. The second kappa shape index (κ2) is 9.10. The van der Waals surface area contributed by atoms with Crippen LogP contribution in [0.1, 0.15) is 71.4 Å². The highest BCUT2D eigenvalue weighted by atomic mass is 79.9. The van der Waals surface area contributed by atoms with Gasteiger partial charge in [0.1, 0.15) is 0 Å². The minimum Gasteiger partial charge on any atom is -0.268 e. The minimum absolute atomic E-state index is 0.140. The van der Waals surface area contributed by atoms with Crippen molar-refractivity contribution in [2.75, 3.05) is 4.90 Å². The van der Waals surface area contributed by atoms with Gasteiger partial charge in [-0.15, -0.1) is 0 Å². The Hall–Kier alpha value is -2.80. The standard InChI is InChI=1S/C34H24Br3NO2/c1-15(2)17-7-5-8-18(16(3)4)32(17)38-33(39)22-13-25(36)29-20-10-6-9-19-24(35)12-11-21(27(19)20)30-26(37)14-23(34(38)40)28(22)31(29)30/h5-16H,1-4H3. The maximum atomic E-state index is 14.5. The number of nitrogens with zero attached hydrogens (tertiary/aromatic N) is 1. The van der Waals surface area contributed by atoms with Crippen LogP contribution in [-0.2, 0) is 0 Å². The summed E-state index contributed by atoms with van der Waals surface area (Å²) in [6.45, 7) is 8.41. The first-order valence-corrected chi connectivity index (χ1v) is 15.7. The van der Waals surface area contributed by atoms with Crippen molar-refractivity contribution in [1.82, 2.24) is 0 Å². The Labute approximate surface area is 257 Å². The lowest BCUT2D eigenvalue weighted by atomic mass is 9.84. The first kappa shape index (κ1) is 26.1. The van der Waals surface area contributed by atoms with E-state index in [2.05, 4.69) is 106 Å².